The standard InChI is InChI=1S/C10H16N2O3/c1-3-4-12(7-10(14)15)9(13)5-8(2)6-11/h1,8H,4-7,11H2,2H3,(H,14,15). The second kappa shape index (κ2) is 6.85. The number of rotatable bonds is 6. The number of carboxylic acids is 1. The molecule has 0 bridgehead atoms. The molecular weight excluding hydrogens is 196 g/mol. The molecule has 0 heterocycles. The molecule has 0 rings (SSSR count). The minimum atomic E-state index is -1.07. The molecule has 0 fully saturated rings. The third-order valence-electron chi connectivity index (χ3n) is 1.89. The van der Waals surface area contributed by atoms with Gasteiger partial charge in [-0.1, -0.05) is 12.8 Å². The van der Waals surface area contributed by atoms with E-state index in [9.17, 15) is 9.59 Å². The minimum absolute atomic E-state index is 0.0163. The summed E-state index contributed by atoms with van der Waals surface area (Å²) < 4.78 is 0. The van der Waals surface area contributed by atoms with Crippen LogP contribution in [-0.4, -0.2) is 41.5 Å². The van der Waals surface area contributed by atoms with E-state index in [2.05, 4.69) is 5.92 Å². The molecule has 1 unspecified atom stereocenters. The Morgan fingerprint density at radius 2 is 2.20 bits per heavy atom. The Kier molecular flexibility index (Phi) is 6.14. The largest absolute Gasteiger partial charge is 0.480 e. The summed E-state index contributed by atoms with van der Waals surface area (Å²) in [5.74, 6) is 0.949. The van der Waals surface area contributed by atoms with Crippen LogP contribution in [0, 0.1) is 18.3 Å². The van der Waals surface area contributed by atoms with Gasteiger partial charge in [0.1, 0.15) is 6.54 Å². The minimum Gasteiger partial charge on any atom is -0.480 e. The number of aliphatic carboxylic acids is 1. The fourth-order valence-electron chi connectivity index (χ4n) is 1.02. The fraction of sp³-hybridized carbons (Fsp3) is 0.600. The van der Waals surface area contributed by atoms with Gasteiger partial charge in [-0.25, -0.2) is 0 Å². The number of hydrogen-bond donors (Lipinski definition) is 2. The number of terminal acetylenes is 1. The molecule has 3 N–H and O–H groups in total. The van der Waals surface area contributed by atoms with Gasteiger partial charge in [0.25, 0.3) is 0 Å². The fourth-order valence-corrected chi connectivity index (χ4v) is 1.02. The summed E-state index contributed by atoms with van der Waals surface area (Å²) in [7, 11) is 0. The molecule has 0 saturated heterocycles. The average molecular weight is 212 g/mol. The van der Waals surface area contributed by atoms with E-state index in [0.717, 1.165) is 4.90 Å². The first-order valence-electron chi connectivity index (χ1n) is 4.64. The van der Waals surface area contributed by atoms with Crippen LogP contribution in [0.2, 0.25) is 0 Å². The van der Waals surface area contributed by atoms with Crippen LogP contribution in [0.25, 0.3) is 0 Å². The summed E-state index contributed by atoms with van der Waals surface area (Å²) in [6.45, 7) is 1.87. The lowest BCUT2D eigenvalue weighted by atomic mass is 10.1. The van der Waals surface area contributed by atoms with Gasteiger partial charge < -0.3 is 15.7 Å². The predicted molar refractivity (Wildman–Crippen MR) is 55.9 cm³/mol. The first-order valence-corrected chi connectivity index (χ1v) is 4.64. The summed E-state index contributed by atoms with van der Waals surface area (Å²) in [4.78, 5) is 23.1. The van der Waals surface area contributed by atoms with Crippen LogP contribution in [0.15, 0.2) is 0 Å². The van der Waals surface area contributed by atoms with Crippen LogP contribution in [0.3, 0.4) is 0 Å². The van der Waals surface area contributed by atoms with E-state index in [0.29, 0.717) is 6.54 Å². The number of carbonyl (C=O) groups excluding carboxylic acids is 1. The maximum Gasteiger partial charge on any atom is 0.323 e. The summed E-state index contributed by atoms with van der Waals surface area (Å²) in [6.07, 6.45) is 5.27. The van der Waals surface area contributed by atoms with Crippen molar-refractivity contribution in [2.24, 2.45) is 11.7 Å². The number of carboxylic acid groups (broad SMARTS) is 1. The topological polar surface area (TPSA) is 83.6 Å². The lowest BCUT2D eigenvalue weighted by Crippen LogP contribution is -2.37. The molecule has 0 aromatic heterocycles. The Morgan fingerprint density at radius 1 is 1.60 bits per heavy atom. The molecular formula is C10H16N2O3. The molecule has 0 aromatic rings. The van der Waals surface area contributed by atoms with E-state index in [1.807, 2.05) is 6.92 Å². The van der Waals surface area contributed by atoms with Crippen LogP contribution < -0.4 is 5.73 Å². The summed E-state index contributed by atoms with van der Waals surface area (Å²) in [5, 5.41) is 8.56. The smallest absolute Gasteiger partial charge is 0.323 e. The Hall–Kier alpha value is -1.54. The highest BCUT2D eigenvalue weighted by atomic mass is 16.4. The van der Waals surface area contributed by atoms with Crippen LogP contribution in [-0.2, 0) is 9.59 Å². The SMILES string of the molecule is C#CCN(CC(=O)O)C(=O)CC(C)CN. The molecule has 0 aliphatic carbocycles. The molecule has 0 aliphatic heterocycles. The van der Waals surface area contributed by atoms with Gasteiger partial charge >= 0.3 is 5.97 Å². The summed E-state index contributed by atoms with van der Waals surface area (Å²) in [6, 6.07) is 0. The quantitative estimate of drug-likeness (QED) is 0.582. The Morgan fingerprint density at radius 3 is 2.60 bits per heavy atom. The average Bonchev–Trinajstić information content (AvgIpc) is 2.16. The van der Waals surface area contributed by atoms with E-state index >= 15 is 0 Å². The highest BCUT2D eigenvalue weighted by Gasteiger charge is 2.17. The molecule has 1 atom stereocenters. The van der Waals surface area contributed by atoms with E-state index in [4.69, 9.17) is 17.3 Å². The molecule has 0 radical (unpaired) electrons. The van der Waals surface area contributed by atoms with E-state index in [-0.39, 0.29) is 31.3 Å². The number of hydrogen-bond acceptors (Lipinski definition) is 3. The van der Waals surface area contributed by atoms with Crippen molar-refractivity contribution in [2.75, 3.05) is 19.6 Å². The van der Waals surface area contributed by atoms with Crippen LogP contribution in [0.1, 0.15) is 13.3 Å². The maximum absolute atomic E-state index is 11.5. The molecule has 5 heteroatoms. The van der Waals surface area contributed by atoms with Gasteiger partial charge in [0.05, 0.1) is 6.54 Å². The first kappa shape index (κ1) is 13.5. The van der Waals surface area contributed by atoms with Gasteiger partial charge in [0.2, 0.25) is 5.91 Å². The predicted octanol–water partition coefficient (Wildman–Crippen LogP) is -0.482. The molecule has 0 aromatic carbocycles. The van der Waals surface area contributed by atoms with Gasteiger partial charge in [-0.3, -0.25) is 9.59 Å². The number of nitrogens with two attached hydrogens (primary N) is 1. The van der Waals surface area contributed by atoms with Crippen molar-refractivity contribution < 1.29 is 14.7 Å². The molecule has 0 spiro atoms. The van der Waals surface area contributed by atoms with Crippen molar-refractivity contribution in [3.05, 3.63) is 0 Å². The van der Waals surface area contributed by atoms with Crippen molar-refractivity contribution in [3.63, 3.8) is 0 Å². The van der Waals surface area contributed by atoms with Gasteiger partial charge in [0, 0.05) is 6.42 Å². The Bertz CT molecular complexity index is 270. The van der Waals surface area contributed by atoms with Crippen LogP contribution >= 0.6 is 0 Å². The monoisotopic (exact) mass is 212 g/mol. The number of amides is 1. The molecule has 0 aliphatic rings. The van der Waals surface area contributed by atoms with Gasteiger partial charge in [0.15, 0.2) is 0 Å². The number of carbonyl (C=O) groups is 2. The Labute approximate surface area is 89.2 Å². The van der Waals surface area contributed by atoms with Gasteiger partial charge in [-0.15, -0.1) is 6.42 Å². The highest BCUT2D eigenvalue weighted by Crippen LogP contribution is 2.03. The normalized spacial score (nSPS) is 11.5. The lowest BCUT2D eigenvalue weighted by molar-refractivity contribution is -0.144. The zero-order valence-corrected chi connectivity index (χ0v) is 8.77. The van der Waals surface area contributed by atoms with Crippen LogP contribution in [0.4, 0.5) is 0 Å². The molecule has 84 valence electrons. The third-order valence-corrected chi connectivity index (χ3v) is 1.89. The zero-order chi connectivity index (χ0) is 11.8. The molecule has 5 nitrogen and oxygen atoms in total. The lowest BCUT2D eigenvalue weighted by Gasteiger charge is -2.19. The van der Waals surface area contributed by atoms with Crippen molar-refractivity contribution in [2.45, 2.75) is 13.3 Å². The van der Waals surface area contributed by atoms with Crippen molar-refractivity contribution in [1.29, 1.82) is 0 Å². The molecule has 15 heavy (non-hydrogen) atoms. The van der Waals surface area contributed by atoms with Crippen molar-refractivity contribution >= 4 is 11.9 Å². The second-order valence-electron chi connectivity index (χ2n) is 3.39. The maximum atomic E-state index is 11.5. The highest BCUT2D eigenvalue weighted by molar-refractivity contribution is 5.81. The second-order valence-corrected chi connectivity index (χ2v) is 3.39. The Balaban J connectivity index is 4.29. The third kappa shape index (κ3) is 5.70. The van der Waals surface area contributed by atoms with E-state index in [1.54, 1.807) is 0 Å². The zero-order valence-electron chi connectivity index (χ0n) is 8.77. The van der Waals surface area contributed by atoms with Gasteiger partial charge in [-0.2, -0.15) is 0 Å². The first-order chi connectivity index (χ1) is 7.01. The number of nitrogens with zero attached hydrogens (tertiary/aromatic N) is 1. The van der Waals surface area contributed by atoms with E-state index in [1.165, 1.54) is 0 Å². The summed E-state index contributed by atoms with van der Waals surface area (Å²) in [5.41, 5.74) is 5.37. The van der Waals surface area contributed by atoms with E-state index < -0.39 is 5.97 Å². The molecule has 0 saturated carbocycles. The van der Waals surface area contributed by atoms with Gasteiger partial charge in [-0.05, 0) is 12.5 Å². The van der Waals surface area contributed by atoms with Crippen molar-refractivity contribution in [3.8, 4) is 12.3 Å². The molecule has 1 amide bonds. The van der Waals surface area contributed by atoms with Crippen LogP contribution in [0.5, 0.6) is 0 Å². The summed E-state index contributed by atoms with van der Waals surface area (Å²) >= 11 is 0. The van der Waals surface area contributed by atoms with Crippen molar-refractivity contribution in [1.82, 2.24) is 4.90 Å².